The fraction of sp³-hybridized carbons (Fsp3) is 0.421. The Hall–Kier alpha value is -2.83. The van der Waals surface area contributed by atoms with Gasteiger partial charge < -0.3 is 10.4 Å². The van der Waals surface area contributed by atoms with Crippen LogP contribution in [0, 0.1) is 18.8 Å². The number of nitrogens with one attached hydrogen (secondary N) is 1. The summed E-state index contributed by atoms with van der Waals surface area (Å²) in [6.07, 6.45) is 2.66. The number of nitrogens with zero attached hydrogens (tertiary/aromatic N) is 2. The van der Waals surface area contributed by atoms with Gasteiger partial charge in [-0.2, -0.15) is 0 Å². The van der Waals surface area contributed by atoms with Crippen LogP contribution in [0.15, 0.2) is 35.1 Å². The van der Waals surface area contributed by atoms with E-state index in [0.717, 1.165) is 12.8 Å². The molecule has 0 unspecified atom stereocenters. The van der Waals surface area contributed by atoms with Crippen LogP contribution in [0.5, 0.6) is 0 Å². The van der Waals surface area contributed by atoms with Gasteiger partial charge in [-0.15, -0.1) is 0 Å². The molecule has 7 nitrogen and oxygen atoms in total. The van der Waals surface area contributed by atoms with E-state index >= 15 is 0 Å². The lowest BCUT2D eigenvalue weighted by molar-refractivity contribution is -0.147. The first-order chi connectivity index (χ1) is 12.4. The lowest BCUT2D eigenvalue weighted by atomic mass is 9.78. The predicted molar refractivity (Wildman–Crippen MR) is 97.5 cm³/mol. The molecule has 26 heavy (non-hydrogen) atoms. The second-order valence-electron chi connectivity index (χ2n) is 6.76. The second kappa shape index (κ2) is 7.19. The highest BCUT2D eigenvalue weighted by Gasteiger charge is 2.36. The molecule has 1 heterocycles. The summed E-state index contributed by atoms with van der Waals surface area (Å²) in [5.74, 6) is -2.63. The van der Waals surface area contributed by atoms with Crippen molar-refractivity contribution in [3.8, 4) is 5.69 Å². The zero-order valence-electron chi connectivity index (χ0n) is 14.9. The van der Waals surface area contributed by atoms with Gasteiger partial charge in [-0.3, -0.25) is 19.1 Å². The number of carbonyl (C=O) groups excluding carboxylic acids is 1. The first-order valence-corrected chi connectivity index (χ1v) is 8.79. The molecule has 7 heteroatoms. The molecular weight excluding hydrogens is 334 g/mol. The van der Waals surface area contributed by atoms with Crippen LogP contribution in [0.2, 0.25) is 0 Å². The molecule has 1 aliphatic rings. The van der Waals surface area contributed by atoms with Crippen molar-refractivity contribution >= 4 is 17.6 Å². The number of amides is 1. The van der Waals surface area contributed by atoms with Crippen LogP contribution < -0.4 is 10.9 Å². The Labute approximate surface area is 151 Å². The molecule has 1 fully saturated rings. The number of benzene rings is 1. The van der Waals surface area contributed by atoms with Gasteiger partial charge in [0.25, 0.3) is 5.56 Å². The van der Waals surface area contributed by atoms with Crippen molar-refractivity contribution in [1.29, 1.82) is 0 Å². The molecule has 0 aliphatic heterocycles. The number of hydrogen-bond acceptors (Lipinski definition) is 3. The molecule has 0 bridgehead atoms. The summed E-state index contributed by atoms with van der Waals surface area (Å²) in [6, 6.07) is 9.16. The molecule has 1 aromatic carbocycles. The quantitative estimate of drug-likeness (QED) is 0.878. The minimum Gasteiger partial charge on any atom is -0.481 e. The molecule has 0 radical (unpaired) electrons. The molecule has 0 spiro atoms. The highest BCUT2D eigenvalue weighted by Crippen LogP contribution is 2.31. The number of carboxylic acid groups (broad SMARTS) is 1. The molecule has 2 atom stereocenters. The Morgan fingerprint density at radius 3 is 2.35 bits per heavy atom. The molecule has 2 N–H and O–H groups in total. The van der Waals surface area contributed by atoms with Gasteiger partial charge in [0.15, 0.2) is 0 Å². The van der Waals surface area contributed by atoms with E-state index in [-0.39, 0.29) is 17.2 Å². The van der Waals surface area contributed by atoms with Gasteiger partial charge in [-0.25, -0.2) is 4.68 Å². The van der Waals surface area contributed by atoms with Crippen LogP contribution in [-0.2, 0) is 16.6 Å². The van der Waals surface area contributed by atoms with Gasteiger partial charge in [-0.05, 0) is 31.9 Å². The van der Waals surface area contributed by atoms with Gasteiger partial charge in [0.1, 0.15) is 5.69 Å². The number of para-hydroxylation sites is 1. The predicted octanol–water partition coefficient (Wildman–Crippen LogP) is 2.31. The lowest BCUT2D eigenvalue weighted by Gasteiger charge is -2.27. The zero-order valence-corrected chi connectivity index (χ0v) is 14.9. The molecule has 1 aliphatic carbocycles. The Balaban J connectivity index is 1.92. The molecule has 1 saturated carbocycles. The largest absolute Gasteiger partial charge is 0.481 e. The molecular formula is C19H23N3O4. The third-order valence-electron chi connectivity index (χ3n) is 5.22. The molecule has 3 rings (SSSR count). The number of aliphatic carboxylic acids is 1. The normalized spacial score (nSPS) is 19.9. The van der Waals surface area contributed by atoms with Crippen LogP contribution in [-0.4, -0.2) is 26.3 Å². The van der Waals surface area contributed by atoms with E-state index in [4.69, 9.17) is 0 Å². The fourth-order valence-electron chi connectivity index (χ4n) is 3.67. The summed E-state index contributed by atoms with van der Waals surface area (Å²) in [5, 5.41) is 12.1. The SMILES string of the molecule is Cc1c(NC(=O)[C@@H]2CCCC[C@H]2C(=O)O)c(=O)n(-c2ccccc2)n1C. The fourth-order valence-corrected chi connectivity index (χ4v) is 3.67. The van der Waals surface area contributed by atoms with Crippen LogP contribution in [0.25, 0.3) is 5.69 Å². The number of hydrogen-bond donors (Lipinski definition) is 2. The monoisotopic (exact) mass is 357 g/mol. The van der Waals surface area contributed by atoms with Crippen LogP contribution in [0.1, 0.15) is 31.4 Å². The van der Waals surface area contributed by atoms with Crippen molar-refractivity contribution in [3.05, 3.63) is 46.4 Å². The van der Waals surface area contributed by atoms with Gasteiger partial charge in [0, 0.05) is 7.05 Å². The zero-order chi connectivity index (χ0) is 18.8. The lowest BCUT2D eigenvalue weighted by Crippen LogP contribution is -2.37. The van der Waals surface area contributed by atoms with Crippen molar-refractivity contribution in [1.82, 2.24) is 9.36 Å². The Kier molecular flexibility index (Phi) is 4.97. The summed E-state index contributed by atoms with van der Waals surface area (Å²) in [4.78, 5) is 37.0. The maximum atomic E-state index is 12.9. The first-order valence-electron chi connectivity index (χ1n) is 8.79. The molecule has 138 valence electrons. The third-order valence-corrected chi connectivity index (χ3v) is 5.22. The van der Waals surface area contributed by atoms with Gasteiger partial charge in [0.05, 0.1) is 23.2 Å². The van der Waals surface area contributed by atoms with E-state index < -0.39 is 17.8 Å². The van der Waals surface area contributed by atoms with E-state index in [9.17, 15) is 19.5 Å². The van der Waals surface area contributed by atoms with Crippen LogP contribution in [0.3, 0.4) is 0 Å². The van der Waals surface area contributed by atoms with Crippen molar-refractivity contribution in [2.24, 2.45) is 18.9 Å². The van der Waals surface area contributed by atoms with E-state index in [1.807, 2.05) is 30.3 Å². The van der Waals surface area contributed by atoms with Crippen LogP contribution in [0.4, 0.5) is 5.69 Å². The van der Waals surface area contributed by atoms with E-state index in [1.165, 1.54) is 4.68 Å². The number of carbonyl (C=O) groups is 2. The topological polar surface area (TPSA) is 93.3 Å². The van der Waals surface area contributed by atoms with Crippen molar-refractivity contribution in [2.45, 2.75) is 32.6 Å². The molecule has 1 aromatic heterocycles. The summed E-state index contributed by atoms with van der Waals surface area (Å²) in [6.45, 7) is 1.76. The molecule has 1 amide bonds. The maximum absolute atomic E-state index is 12.9. The maximum Gasteiger partial charge on any atom is 0.307 e. The average molecular weight is 357 g/mol. The third kappa shape index (κ3) is 3.16. The van der Waals surface area contributed by atoms with Gasteiger partial charge in [-0.1, -0.05) is 31.0 Å². The van der Waals surface area contributed by atoms with E-state index in [0.29, 0.717) is 24.2 Å². The van der Waals surface area contributed by atoms with Gasteiger partial charge in [0.2, 0.25) is 5.91 Å². The standard InChI is InChI=1S/C19H23N3O4/c1-12-16(18(24)22(21(12)2)13-8-4-3-5-9-13)20-17(23)14-10-6-7-11-15(14)19(25)26/h3-5,8-9,14-15H,6-7,10-11H2,1-2H3,(H,20,23)(H,25,26)/t14-,15-/m1/s1. The molecule has 2 aromatic rings. The summed E-state index contributed by atoms with van der Waals surface area (Å²) < 4.78 is 3.17. The number of anilines is 1. The average Bonchev–Trinajstić information content (AvgIpc) is 2.85. The smallest absolute Gasteiger partial charge is 0.307 e. The second-order valence-corrected chi connectivity index (χ2v) is 6.76. The highest BCUT2D eigenvalue weighted by atomic mass is 16.4. The Morgan fingerprint density at radius 1 is 1.12 bits per heavy atom. The van der Waals surface area contributed by atoms with E-state index in [1.54, 1.807) is 18.7 Å². The Morgan fingerprint density at radius 2 is 1.73 bits per heavy atom. The Bertz CT molecular complexity index is 882. The minimum absolute atomic E-state index is 0.205. The molecule has 0 saturated heterocycles. The van der Waals surface area contributed by atoms with Crippen molar-refractivity contribution in [3.63, 3.8) is 0 Å². The number of aromatic nitrogens is 2. The number of carboxylic acids is 1. The highest BCUT2D eigenvalue weighted by molar-refractivity contribution is 5.95. The summed E-state index contributed by atoms with van der Waals surface area (Å²) in [5.41, 5.74) is 1.20. The first kappa shape index (κ1) is 18.0. The van der Waals surface area contributed by atoms with Crippen LogP contribution >= 0.6 is 0 Å². The summed E-state index contributed by atoms with van der Waals surface area (Å²) >= 11 is 0. The number of rotatable bonds is 4. The van der Waals surface area contributed by atoms with E-state index in [2.05, 4.69) is 5.32 Å². The minimum atomic E-state index is -0.948. The van der Waals surface area contributed by atoms with Crippen molar-refractivity contribution < 1.29 is 14.7 Å². The van der Waals surface area contributed by atoms with Crippen molar-refractivity contribution in [2.75, 3.05) is 5.32 Å². The summed E-state index contributed by atoms with van der Waals surface area (Å²) in [7, 11) is 1.75. The van der Waals surface area contributed by atoms with Gasteiger partial charge >= 0.3 is 5.97 Å².